The van der Waals surface area contributed by atoms with Crippen molar-refractivity contribution in [1.29, 1.82) is 0 Å². The van der Waals surface area contributed by atoms with Crippen LogP contribution in [0.5, 0.6) is 0 Å². The van der Waals surface area contributed by atoms with Crippen LogP contribution in [0, 0.1) is 11.6 Å². The van der Waals surface area contributed by atoms with Crippen LogP contribution in [0.15, 0.2) is 36.4 Å². The van der Waals surface area contributed by atoms with Gasteiger partial charge in [0.05, 0.1) is 17.6 Å². The third-order valence-electron chi connectivity index (χ3n) is 3.62. The van der Waals surface area contributed by atoms with Crippen LogP contribution in [0.1, 0.15) is 13.3 Å². The number of carbonyl (C=O) groups is 1. The Bertz CT molecular complexity index is 950. The Balaban J connectivity index is 2.44. The average Bonchev–Trinajstić information content (AvgIpc) is 2.52. The lowest BCUT2D eigenvalue weighted by Gasteiger charge is -2.30. The van der Waals surface area contributed by atoms with Gasteiger partial charge in [0.2, 0.25) is 15.9 Å². The highest BCUT2D eigenvalue weighted by molar-refractivity contribution is 7.92. The molecule has 5 nitrogen and oxygen atoms in total. The maximum Gasteiger partial charge on any atom is 0.248 e. The fraction of sp³-hybridized carbons (Fsp3) is 0.235. The molecule has 27 heavy (non-hydrogen) atoms. The summed E-state index contributed by atoms with van der Waals surface area (Å²) in [6.07, 6.45) is 1.00. The number of hydrogen-bond donors (Lipinski definition) is 1. The summed E-state index contributed by atoms with van der Waals surface area (Å²) in [4.78, 5) is 12.7. The summed E-state index contributed by atoms with van der Waals surface area (Å²) in [7, 11) is -3.92. The molecule has 146 valence electrons. The quantitative estimate of drug-likeness (QED) is 0.726. The third kappa shape index (κ3) is 5.31. The van der Waals surface area contributed by atoms with E-state index >= 15 is 0 Å². The topological polar surface area (TPSA) is 66.5 Å². The monoisotopic (exact) mass is 436 g/mol. The number of amides is 1. The zero-order valence-corrected chi connectivity index (χ0v) is 16.7. The van der Waals surface area contributed by atoms with E-state index in [2.05, 4.69) is 5.32 Å². The van der Waals surface area contributed by atoms with Gasteiger partial charge in [0.15, 0.2) is 0 Å². The molecule has 1 amide bonds. The third-order valence-corrected chi connectivity index (χ3v) is 5.24. The maximum atomic E-state index is 13.8. The minimum absolute atomic E-state index is 0.0752. The number of nitrogens with one attached hydrogen (secondary N) is 1. The Kier molecular flexibility index (Phi) is 6.67. The van der Waals surface area contributed by atoms with Crippen LogP contribution < -0.4 is 9.62 Å². The van der Waals surface area contributed by atoms with E-state index in [4.69, 9.17) is 23.2 Å². The van der Waals surface area contributed by atoms with E-state index in [1.807, 2.05) is 0 Å². The molecule has 0 aromatic heterocycles. The number of carbonyl (C=O) groups excluding carboxylic acids is 1. The van der Waals surface area contributed by atoms with Crippen molar-refractivity contribution in [1.82, 2.24) is 0 Å². The van der Waals surface area contributed by atoms with Gasteiger partial charge in [-0.3, -0.25) is 9.10 Å². The second-order valence-corrected chi connectivity index (χ2v) is 8.46. The summed E-state index contributed by atoms with van der Waals surface area (Å²) in [5, 5.41) is 2.66. The molecule has 0 radical (unpaired) electrons. The van der Waals surface area contributed by atoms with Gasteiger partial charge in [-0.2, -0.15) is 0 Å². The van der Waals surface area contributed by atoms with E-state index in [1.54, 1.807) is 6.92 Å². The predicted octanol–water partition coefficient (Wildman–Crippen LogP) is 4.45. The number of hydrogen-bond acceptors (Lipinski definition) is 3. The number of rotatable bonds is 6. The van der Waals surface area contributed by atoms with Crippen molar-refractivity contribution in [3.63, 3.8) is 0 Å². The van der Waals surface area contributed by atoms with Gasteiger partial charge >= 0.3 is 0 Å². The van der Waals surface area contributed by atoms with Gasteiger partial charge in [0, 0.05) is 16.1 Å². The number of sulfonamides is 1. The Morgan fingerprint density at radius 2 is 1.74 bits per heavy atom. The summed E-state index contributed by atoms with van der Waals surface area (Å²) in [6, 6.07) is 5.55. The highest BCUT2D eigenvalue weighted by atomic mass is 35.5. The lowest BCUT2D eigenvalue weighted by atomic mass is 10.1. The molecule has 0 aliphatic carbocycles. The minimum atomic E-state index is -3.92. The predicted molar refractivity (Wildman–Crippen MR) is 103 cm³/mol. The van der Waals surface area contributed by atoms with Crippen LogP contribution in [0.25, 0.3) is 0 Å². The Morgan fingerprint density at radius 1 is 1.15 bits per heavy atom. The zero-order chi connectivity index (χ0) is 20.4. The Morgan fingerprint density at radius 3 is 2.22 bits per heavy atom. The van der Waals surface area contributed by atoms with Gasteiger partial charge in [-0.05, 0) is 36.8 Å². The molecular formula is C17H16Cl2F2N2O3S. The molecule has 2 aromatic rings. The number of anilines is 2. The molecule has 0 saturated heterocycles. The van der Waals surface area contributed by atoms with E-state index in [-0.39, 0.29) is 27.8 Å². The molecule has 1 unspecified atom stereocenters. The molecule has 0 heterocycles. The van der Waals surface area contributed by atoms with E-state index in [0.717, 1.165) is 22.7 Å². The smallest absolute Gasteiger partial charge is 0.248 e. The van der Waals surface area contributed by atoms with E-state index in [1.165, 1.54) is 18.2 Å². The van der Waals surface area contributed by atoms with Gasteiger partial charge in [-0.15, -0.1) is 0 Å². The second kappa shape index (κ2) is 8.41. The molecular weight excluding hydrogens is 421 g/mol. The molecule has 2 aromatic carbocycles. The van der Waals surface area contributed by atoms with E-state index < -0.39 is 33.6 Å². The van der Waals surface area contributed by atoms with E-state index in [9.17, 15) is 22.0 Å². The van der Waals surface area contributed by atoms with Crippen molar-refractivity contribution in [2.45, 2.75) is 19.4 Å². The van der Waals surface area contributed by atoms with Crippen LogP contribution in [0.4, 0.5) is 20.2 Å². The highest BCUT2D eigenvalue weighted by Crippen LogP contribution is 2.30. The summed E-state index contributed by atoms with van der Waals surface area (Å²) < 4.78 is 52.4. The highest BCUT2D eigenvalue weighted by Gasteiger charge is 2.32. The fourth-order valence-corrected chi connectivity index (χ4v) is 4.24. The first-order valence-corrected chi connectivity index (χ1v) is 10.3. The van der Waals surface area contributed by atoms with Gasteiger partial charge in [0.25, 0.3) is 0 Å². The molecule has 0 fully saturated rings. The first-order chi connectivity index (χ1) is 12.5. The molecule has 0 saturated carbocycles. The molecule has 0 bridgehead atoms. The first kappa shape index (κ1) is 21.4. The summed E-state index contributed by atoms with van der Waals surface area (Å²) in [5.74, 6) is -2.57. The molecule has 0 spiro atoms. The number of benzene rings is 2. The minimum Gasteiger partial charge on any atom is -0.322 e. The SMILES string of the molecule is CCC(C(=O)Nc1ccc(F)cc1F)N(c1cc(Cl)cc(Cl)c1)S(C)(=O)=O. The summed E-state index contributed by atoms with van der Waals surface area (Å²) in [5.41, 5.74) is -0.172. The van der Waals surface area contributed by atoms with Crippen LogP contribution in [0.2, 0.25) is 10.0 Å². The van der Waals surface area contributed by atoms with Crippen molar-refractivity contribution in [2.24, 2.45) is 0 Å². The maximum absolute atomic E-state index is 13.8. The zero-order valence-electron chi connectivity index (χ0n) is 14.3. The lowest BCUT2D eigenvalue weighted by molar-refractivity contribution is -0.117. The molecule has 1 atom stereocenters. The van der Waals surface area contributed by atoms with Crippen LogP contribution in [-0.4, -0.2) is 26.6 Å². The molecule has 0 aliphatic rings. The Hall–Kier alpha value is -1.90. The van der Waals surface area contributed by atoms with Gasteiger partial charge in [-0.25, -0.2) is 17.2 Å². The van der Waals surface area contributed by atoms with Crippen molar-refractivity contribution in [2.75, 3.05) is 15.9 Å². The number of nitrogens with zero attached hydrogens (tertiary/aromatic N) is 1. The molecule has 10 heteroatoms. The van der Waals surface area contributed by atoms with Crippen LogP contribution in [0.3, 0.4) is 0 Å². The van der Waals surface area contributed by atoms with Crippen LogP contribution in [-0.2, 0) is 14.8 Å². The van der Waals surface area contributed by atoms with Crippen molar-refractivity contribution < 1.29 is 22.0 Å². The summed E-state index contributed by atoms with van der Waals surface area (Å²) >= 11 is 11.9. The van der Waals surface area contributed by atoms with Crippen molar-refractivity contribution >= 4 is 50.5 Å². The molecule has 2 rings (SSSR count). The standard InChI is InChI=1S/C17H16Cl2F2N2O3S/c1-3-16(17(24)22-15-5-4-12(20)9-14(15)21)23(27(2,25)26)13-7-10(18)6-11(19)8-13/h4-9,16H,3H2,1-2H3,(H,22,24). The Labute approximate surface area is 165 Å². The van der Waals surface area contributed by atoms with Gasteiger partial charge in [0.1, 0.15) is 17.7 Å². The van der Waals surface area contributed by atoms with Crippen molar-refractivity contribution in [3.05, 3.63) is 58.1 Å². The lowest BCUT2D eigenvalue weighted by Crippen LogP contribution is -2.47. The van der Waals surface area contributed by atoms with Gasteiger partial charge in [-0.1, -0.05) is 30.1 Å². The fourth-order valence-electron chi connectivity index (χ4n) is 2.53. The molecule has 0 aliphatic heterocycles. The van der Waals surface area contributed by atoms with Crippen molar-refractivity contribution in [3.8, 4) is 0 Å². The second-order valence-electron chi connectivity index (χ2n) is 5.72. The summed E-state index contributed by atoms with van der Waals surface area (Å²) in [6.45, 7) is 1.59. The average molecular weight is 437 g/mol. The van der Waals surface area contributed by atoms with Crippen LogP contribution >= 0.6 is 23.2 Å². The van der Waals surface area contributed by atoms with E-state index in [0.29, 0.717) is 6.07 Å². The number of halogens is 4. The largest absolute Gasteiger partial charge is 0.322 e. The molecule has 1 N–H and O–H groups in total. The normalized spacial score (nSPS) is 12.5. The van der Waals surface area contributed by atoms with Gasteiger partial charge < -0.3 is 5.32 Å². The first-order valence-electron chi connectivity index (χ1n) is 7.74.